The van der Waals surface area contributed by atoms with E-state index in [9.17, 15) is 4.79 Å². The second-order valence-electron chi connectivity index (χ2n) is 7.98. The molecule has 0 aliphatic carbocycles. The number of pyridine rings is 1. The molecule has 152 valence electrons. The predicted octanol–water partition coefficient (Wildman–Crippen LogP) is 3.45. The molecule has 2 N–H and O–H groups in total. The fourth-order valence-electron chi connectivity index (χ4n) is 3.23. The number of hydrogen-bond donors (Lipinski definition) is 2. The van der Waals surface area contributed by atoms with Crippen molar-refractivity contribution in [1.82, 2.24) is 20.2 Å². The number of ether oxygens (including phenoxy) is 1. The van der Waals surface area contributed by atoms with Crippen molar-refractivity contribution in [2.45, 2.75) is 38.6 Å². The minimum absolute atomic E-state index is 0.0110. The molecule has 1 unspecified atom stereocenters. The van der Waals surface area contributed by atoms with E-state index >= 15 is 0 Å². The number of amides is 1. The zero-order valence-electron chi connectivity index (χ0n) is 16.9. The Morgan fingerprint density at radius 1 is 1.31 bits per heavy atom. The molecule has 1 amide bonds. The van der Waals surface area contributed by atoms with E-state index in [1.807, 2.05) is 17.5 Å². The van der Waals surface area contributed by atoms with Crippen molar-refractivity contribution in [3.8, 4) is 17.0 Å². The van der Waals surface area contributed by atoms with Crippen LogP contribution in [0.3, 0.4) is 0 Å². The van der Waals surface area contributed by atoms with Crippen molar-refractivity contribution in [2.24, 2.45) is 0 Å². The van der Waals surface area contributed by atoms with Gasteiger partial charge in [-0.25, -0.2) is 4.98 Å². The third-order valence-corrected chi connectivity index (χ3v) is 5.67. The van der Waals surface area contributed by atoms with Crippen molar-refractivity contribution in [2.75, 3.05) is 23.9 Å². The van der Waals surface area contributed by atoms with Gasteiger partial charge < -0.3 is 10.1 Å². The number of H-pyrrole nitrogens is 1. The van der Waals surface area contributed by atoms with Gasteiger partial charge in [-0.05, 0) is 18.6 Å². The fourth-order valence-corrected chi connectivity index (χ4v) is 4.22. The van der Waals surface area contributed by atoms with Crippen LogP contribution < -0.4 is 15.0 Å². The molecule has 3 aromatic heterocycles. The Morgan fingerprint density at radius 2 is 2.14 bits per heavy atom. The van der Waals surface area contributed by atoms with E-state index in [4.69, 9.17) is 4.74 Å². The zero-order chi connectivity index (χ0) is 20.6. The Bertz CT molecular complexity index is 1010. The van der Waals surface area contributed by atoms with Crippen LogP contribution in [0.15, 0.2) is 29.9 Å². The summed E-state index contributed by atoms with van der Waals surface area (Å²) in [5, 5.41) is 12.9. The van der Waals surface area contributed by atoms with Crippen LogP contribution in [0.1, 0.15) is 32.9 Å². The van der Waals surface area contributed by atoms with Gasteiger partial charge in [0.25, 0.3) is 5.91 Å². The van der Waals surface area contributed by atoms with E-state index in [0.717, 1.165) is 22.0 Å². The average Bonchev–Trinajstić information content (AvgIpc) is 3.43. The maximum Gasteiger partial charge on any atom is 0.250 e. The molecule has 1 aliphatic heterocycles. The fraction of sp³-hybridized carbons (Fsp3) is 0.400. The van der Waals surface area contributed by atoms with E-state index < -0.39 is 0 Å². The molecule has 1 atom stereocenters. The summed E-state index contributed by atoms with van der Waals surface area (Å²) in [6.07, 6.45) is 4.18. The minimum atomic E-state index is -0.310. The van der Waals surface area contributed by atoms with Crippen molar-refractivity contribution in [3.05, 3.63) is 35.6 Å². The normalized spacial score (nSPS) is 17.0. The molecule has 0 radical (unpaired) electrons. The summed E-state index contributed by atoms with van der Waals surface area (Å²) in [7, 11) is 1.57. The highest BCUT2D eigenvalue weighted by atomic mass is 32.1. The third kappa shape index (κ3) is 3.82. The van der Waals surface area contributed by atoms with Crippen LogP contribution in [0.2, 0.25) is 0 Å². The van der Waals surface area contributed by atoms with Gasteiger partial charge in [0, 0.05) is 34.7 Å². The highest BCUT2D eigenvalue weighted by Gasteiger charge is 2.34. The first-order valence-corrected chi connectivity index (χ1v) is 10.3. The molecule has 1 fully saturated rings. The van der Waals surface area contributed by atoms with Gasteiger partial charge in [0.05, 0.1) is 19.0 Å². The Hall–Kier alpha value is -2.94. The average molecular weight is 413 g/mol. The van der Waals surface area contributed by atoms with Gasteiger partial charge in [-0.1, -0.05) is 20.8 Å². The van der Waals surface area contributed by atoms with Crippen LogP contribution in [-0.2, 0) is 10.2 Å². The minimum Gasteiger partial charge on any atom is -0.480 e. The lowest BCUT2D eigenvalue weighted by Gasteiger charge is -2.18. The highest BCUT2D eigenvalue weighted by Crippen LogP contribution is 2.32. The summed E-state index contributed by atoms with van der Waals surface area (Å²) >= 11 is 1.53. The smallest absolute Gasteiger partial charge is 0.250 e. The Morgan fingerprint density at radius 3 is 2.79 bits per heavy atom. The monoisotopic (exact) mass is 412 g/mol. The van der Waals surface area contributed by atoms with E-state index in [1.165, 1.54) is 11.3 Å². The number of aromatic nitrogens is 4. The number of aromatic amines is 1. The summed E-state index contributed by atoms with van der Waals surface area (Å²) in [6.45, 7) is 6.97. The van der Waals surface area contributed by atoms with Gasteiger partial charge >= 0.3 is 0 Å². The number of anilines is 2. The molecule has 3 aromatic rings. The molecule has 8 nitrogen and oxygen atoms in total. The topological polar surface area (TPSA) is 96.0 Å². The second kappa shape index (κ2) is 7.47. The number of thiazole rings is 1. The number of methoxy groups -OCH3 is 1. The van der Waals surface area contributed by atoms with Crippen LogP contribution >= 0.6 is 11.3 Å². The van der Waals surface area contributed by atoms with Gasteiger partial charge in [0.1, 0.15) is 11.9 Å². The number of hydrogen-bond acceptors (Lipinski definition) is 7. The van der Waals surface area contributed by atoms with Crippen LogP contribution in [0.25, 0.3) is 11.1 Å². The Balaban J connectivity index is 1.51. The van der Waals surface area contributed by atoms with Crippen LogP contribution in [-0.4, -0.2) is 45.8 Å². The maximum atomic E-state index is 13.0. The van der Waals surface area contributed by atoms with E-state index in [1.54, 1.807) is 24.4 Å². The highest BCUT2D eigenvalue weighted by molar-refractivity contribution is 7.13. The molecule has 9 heteroatoms. The molecule has 4 heterocycles. The summed E-state index contributed by atoms with van der Waals surface area (Å²) in [5.41, 5.74) is 2.71. The van der Waals surface area contributed by atoms with Crippen molar-refractivity contribution >= 4 is 28.2 Å². The predicted molar refractivity (Wildman–Crippen MR) is 114 cm³/mol. The number of nitrogens with one attached hydrogen (secondary N) is 2. The SMILES string of the molecule is COc1nc(N2CCC(Nc3nc(C(C)(C)C)cs3)C2=O)ccc1-c1cn[nH]c1. The van der Waals surface area contributed by atoms with Gasteiger partial charge in [0.2, 0.25) is 5.88 Å². The summed E-state index contributed by atoms with van der Waals surface area (Å²) in [6, 6.07) is 3.43. The maximum absolute atomic E-state index is 13.0. The molecule has 1 aliphatic rings. The summed E-state index contributed by atoms with van der Waals surface area (Å²) < 4.78 is 5.45. The van der Waals surface area contributed by atoms with Crippen molar-refractivity contribution in [3.63, 3.8) is 0 Å². The number of rotatable bonds is 5. The van der Waals surface area contributed by atoms with E-state index in [2.05, 4.69) is 46.3 Å². The summed E-state index contributed by atoms with van der Waals surface area (Å²) in [5.74, 6) is 1.03. The molecule has 29 heavy (non-hydrogen) atoms. The van der Waals surface area contributed by atoms with Gasteiger partial charge in [-0.2, -0.15) is 10.1 Å². The molecular formula is C20H24N6O2S. The standard InChI is InChI=1S/C20H24N6O2S/c1-20(2,3)15-11-29-19(24-15)23-14-7-8-26(18(14)27)16-6-5-13(17(25-16)28-4)12-9-21-22-10-12/h5-6,9-11,14H,7-8H2,1-4H3,(H,21,22)(H,23,24). The van der Waals surface area contributed by atoms with E-state index in [0.29, 0.717) is 24.7 Å². The van der Waals surface area contributed by atoms with Crippen molar-refractivity contribution < 1.29 is 9.53 Å². The molecule has 0 saturated carbocycles. The lowest BCUT2D eigenvalue weighted by Crippen LogP contribution is -2.34. The van der Waals surface area contributed by atoms with E-state index in [-0.39, 0.29) is 17.4 Å². The number of nitrogens with zero attached hydrogens (tertiary/aromatic N) is 4. The van der Waals surface area contributed by atoms with Crippen molar-refractivity contribution in [1.29, 1.82) is 0 Å². The van der Waals surface area contributed by atoms with Gasteiger partial charge in [-0.15, -0.1) is 11.3 Å². The van der Waals surface area contributed by atoms with Crippen LogP contribution in [0, 0.1) is 0 Å². The molecular weight excluding hydrogens is 388 g/mol. The lowest BCUT2D eigenvalue weighted by atomic mass is 9.93. The zero-order valence-corrected chi connectivity index (χ0v) is 17.7. The lowest BCUT2D eigenvalue weighted by molar-refractivity contribution is -0.117. The quantitative estimate of drug-likeness (QED) is 0.666. The molecule has 1 saturated heterocycles. The first-order valence-electron chi connectivity index (χ1n) is 9.45. The molecule has 0 bridgehead atoms. The first kappa shape index (κ1) is 19.4. The van der Waals surface area contributed by atoms with Crippen LogP contribution in [0.5, 0.6) is 5.88 Å². The first-order chi connectivity index (χ1) is 13.9. The second-order valence-corrected chi connectivity index (χ2v) is 8.83. The Kier molecular flexibility index (Phi) is 4.99. The van der Waals surface area contributed by atoms with Gasteiger partial charge in [-0.3, -0.25) is 14.8 Å². The third-order valence-electron chi connectivity index (χ3n) is 4.90. The molecule has 0 spiro atoms. The number of carbonyl (C=O) groups is 1. The Labute approximate surface area is 173 Å². The molecule has 0 aromatic carbocycles. The molecule has 4 rings (SSSR count). The van der Waals surface area contributed by atoms with Crippen LogP contribution in [0.4, 0.5) is 10.9 Å². The largest absolute Gasteiger partial charge is 0.480 e. The van der Waals surface area contributed by atoms with Gasteiger partial charge in [0.15, 0.2) is 5.13 Å². The summed E-state index contributed by atoms with van der Waals surface area (Å²) in [4.78, 5) is 23.9. The number of carbonyl (C=O) groups excluding carboxylic acids is 1.